The number of rotatable bonds is 7. The van der Waals surface area contributed by atoms with Crippen LogP contribution in [0, 0.1) is 6.92 Å². The molecule has 2 aromatic rings. The maximum Gasteiger partial charge on any atom is 0.240 e. The summed E-state index contributed by atoms with van der Waals surface area (Å²) in [5.74, 6) is -0.190. The predicted octanol–water partition coefficient (Wildman–Crippen LogP) is 2.60. The Kier molecular flexibility index (Phi) is 7.80. The van der Waals surface area contributed by atoms with Crippen molar-refractivity contribution in [3.63, 3.8) is 0 Å². The molecule has 1 fully saturated rings. The van der Waals surface area contributed by atoms with Gasteiger partial charge < -0.3 is 15.1 Å². The third-order valence-electron chi connectivity index (χ3n) is 7.07. The first-order valence-corrected chi connectivity index (χ1v) is 13.8. The molecule has 0 unspecified atom stereocenters. The van der Waals surface area contributed by atoms with Crippen molar-refractivity contribution in [3.05, 3.63) is 53.1 Å². The first-order valence-electron chi connectivity index (χ1n) is 12.3. The molecule has 0 spiro atoms. The van der Waals surface area contributed by atoms with E-state index >= 15 is 0 Å². The number of nitrogens with one attached hydrogen (secondary N) is 2. The Morgan fingerprint density at radius 3 is 2.46 bits per heavy atom. The SMILES string of the molecule is CC(=O)Nc1ccc(S(=O)(=O)NC[C@H](c2ccc3c(c2)CCCN3C)N2CCN(C)CC2)c(C)c1. The lowest BCUT2D eigenvalue weighted by molar-refractivity contribution is -0.114. The molecule has 2 aliphatic heterocycles. The maximum absolute atomic E-state index is 13.3. The Morgan fingerprint density at radius 1 is 1.03 bits per heavy atom. The highest BCUT2D eigenvalue weighted by molar-refractivity contribution is 7.89. The number of nitrogens with zero attached hydrogens (tertiary/aromatic N) is 3. The topological polar surface area (TPSA) is 85.0 Å². The summed E-state index contributed by atoms with van der Waals surface area (Å²) in [7, 11) is 0.528. The molecule has 2 aromatic carbocycles. The van der Waals surface area contributed by atoms with Crippen molar-refractivity contribution < 1.29 is 13.2 Å². The molecule has 2 heterocycles. The van der Waals surface area contributed by atoms with Gasteiger partial charge in [-0.25, -0.2) is 13.1 Å². The van der Waals surface area contributed by atoms with Crippen LogP contribution in [0.15, 0.2) is 41.3 Å². The normalized spacial score (nSPS) is 18.2. The third-order valence-corrected chi connectivity index (χ3v) is 8.65. The lowest BCUT2D eigenvalue weighted by Gasteiger charge is -2.39. The van der Waals surface area contributed by atoms with Crippen LogP contribution in [-0.4, -0.2) is 77.5 Å². The Labute approximate surface area is 209 Å². The average Bonchev–Trinajstić information content (AvgIpc) is 2.80. The minimum atomic E-state index is -3.72. The number of fused-ring (bicyclic) bond motifs is 1. The van der Waals surface area contributed by atoms with Crippen molar-refractivity contribution in [2.75, 3.05) is 63.6 Å². The Bertz CT molecular complexity index is 1180. The molecule has 1 amide bonds. The van der Waals surface area contributed by atoms with Crippen LogP contribution in [-0.2, 0) is 21.2 Å². The van der Waals surface area contributed by atoms with Gasteiger partial charge in [0, 0.05) is 70.7 Å². The van der Waals surface area contributed by atoms with Crippen LogP contribution < -0.4 is 14.9 Å². The number of likely N-dealkylation sites (N-methyl/N-ethyl adjacent to an activating group) is 1. The smallest absolute Gasteiger partial charge is 0.240 e. The molecule has 0 aliphatic carbocycles. The number of anilines is 2. The number of hydrogen-bond acceptors (Lipinski definition) is 6. The molecular weight excluding hydrogens is 462 g/mol. The minimum absolute atomic E-state index is 0.0463. The van der Waals surface area contributed by atoms with Crippen LogP contribution in [0.4, 0.5) is 11.4 Å². The quantitative estimate of drug-likeness (QED) is 0.609. The van der Waals surface area contributed by atoms with E-state index in [2.05, 4.69) is 57.0 Å². The molecule has 2 aliphatic rings. The summed E-state index contributed by atoms with van der Waals surface area (Å²) in [4.78, 5) is 18.6. The molecule has 0 saturated carbocycles. The zero-order valence-electron chi connectivity index (χ0n) is 21.2. The second-order valence-electron chi connectivity index (χ2n) is 9.78. The van der Waals surface area contributed by atoms with Crippen molar-refractivity contribution in [2.24, 2.45) is 0 Å². The van der Waals surface area contributed by atoms with Gasteiger partial charge in [0.1, 0.15) is 0 Å². The molecule has 190 valence electrons. The van der Waals surface area contributed by atoms with Gasteiger partial charge in [-0.15, -0.1) is 0 Å². The Balaban J connectivity index is 1.57. The van der Waals surface area contributed by atoms with Crippen LogP contribution in [0.3, 0.4) is 0 Å². The molecule has 35 heavy (non-hydrogen) atoms. The summed E-state index contributed by atoms with van der Waals surface area (Å²) < 4.78 is 29.5. The average molecular weight is 500 g/mol. The molecule has 0 aromatic heterocycles. The number of amides is 1. The van der Waals surface area contributed by atoms with E-state index in [4.69, 9.17) is 0 Å². The van der Waals surface area contributed by atoms with E-state index in [0.717, 1.165) is 51.1 Å². The van der Waals surface area contributed by atoms with Crippen molar-refractivity contribution in [3.8, 4) is 0 Å². The summed E-state index contributed by atoms with van der Waals surface area (Å²) in [6.07, 6.45) is 2.18. The monoisotopic (exact) mass is 499 g/mol. The fourth-order valence-corrected chi connectivity index (χ4v) is 6.36. The lowest BCUT2D eigenvalue weighted by Crippen LogP contribution is -2.48. The number of hydrogen-bond donors (Lipinski definition) is 2. The molecule has 4 rings (SSSR count). The highest BCUT2D eigenvalue weighted by Gasteiger charge is 2.28. The van der Waals surface area contributed by atoms with Crippen molar-refractivity contribution in [1.82, 2.24) is 14.5 Å². The largest absolute Gasteiger partial charge is 0.374 e. The van der Waals surface area contributed by atoms with Gasteiger partial charge in [-0.3, -0.25) is 9.69 Å². The number of piperazine rings is 1. The van der Waals surface area contributed by atoms with Crippen molar-refractivity contribution >= 4 is 27.3 Å². The highest BCUT2D eigenvalue weighted by atomic mass is 32.2. The van der Waals surface area contributed by atoms with Gasteiger partial charge in [0.15, 0.2) is 0 Å². The second kappa shape index (κ2) is 10.7. The van der Waals surface area contributed by atoms with Crippen molar-refractivity contribution in [2.45, 2.75) is 37.6 Å². The summed E-state index contributed by atoms with van der Waals surface area (Å²) >= 11 is 0. The number of aryl methyl sites for hydroxylation is 2. The molecule has 0 bridgehead atoms. The van der Waals surface area contributed by atoms with Gasteiger partial charge >= 0.3 is 0 Å². The van der Waals surface area contributed by atoms with Crippen LogP contribution in [0.2, 0.25) is 0 Å². The first kappa shape index (κ1) is 25.6. The van der Waals surface area contributed by atoms with E-state index < -0.39 is 10.0 Å². The zero-order chi connectivity index (χ0) is 25.2. The van der Waals surface area contributed by atoms with Gasteiger partial charge in [0.05, 0.1) is 4.90 Å². The molecule has 1 saturated heterocycles. The summed E-state index contributed by atoms with van der Waals surface area (Å²) in [6.45, 7) is 8.24. The fraction of sp³-hybridized carbons (Fsp3) is 0.500. The minimum Gasteiger partial charge on any atom is -0.374 e. The number of sulfonamides is 1. The summed E-state index contributed by atoms with van der Waals surface area (Å²) in [5, 5.41) is 2.70. The van der Waals surface area contributed by atoms with Gasteiger partial charge in [0.2, 0.25) is 15.9 Å². The zero-order valence-corrected chi connectivity index (χ0v) is 22.0. The molecule has 0 radical (unpaired) electrons. The van der Waals surface area contributed by atoms with Crippen molar-refractivity contribution in [1.29, 1.82) is 0 Å². The molecule has 8 nitrogen and oxygen atoms in total. The van der Waals surface area contributed by atoms with E-state index in [1.807, 2.05) is 0 Å². The number of benzene rings is 2. The van der Waals surface area contributed by atoms with E-state index in [1.165, 1.54) is 18.2 Å². The maximum atomic E-state index is 13.3. The van der Waals surface area contributed by atoms with E-state index in [0.29, 0.717) is 17.8 Å². The molecule has 1 atom stereocenters. The summed E-state index contributed by atoms with van der Waals surface area (Å²) in [5.41, 5.74) is 4.94. The Hall–Kier alpha value is -2.46. The third kappa shape index (κ3) is 6.03. The molecule has 2 N–H and O–H groups in total. The van der Waals surface area contributed by atoms with E-state index in [1.54, 1.807) is 25.1 Å². The van der Waals surface area contributed by atoms with Crippen LogP contribution >= 0.6 is 0 Å². The van der Waals surface area contributed by atoms with Crippen LogP contribution in [0.1, 0.15) is 36.1 Å². The van der Waals surface area contributed by atoms with E-state index in [9.17, 15) is 13.2 Å². The predicted molar refractivity (Wildman–Crippen MR) is 141 cm³/mol. The lowest BCUT2D eigenvalue weighted by atomic mass is 9.95. The van der Waals surface area contributed by atoms with E-state index in [-0.39, 0.29) is 16.8 Å². The highest BCUT2D eigenvalue weighted by Crippen LogP contribution is 2.31. The molecule has 9 heteroatoms. The molecular formula is C26H37N5O3S. The second-order valence-corrected chi connectivity index (χ2v) is 11.5. The van der Waals surface area contributed by atoms with Gasteiger partial charge in [0.25, 0.3) is 0 Å². The number of carbonyl (C=O) groups is 1. The summed E-state index contributed by atoms with van der Waals surface area (Å²) in [6, 6.07) is 11.4. The number of carbonyl (C=O) groups excluding carboxylic acids is 1. The van der Waals surface area contributed by atoms with Gasteiger partial charge in [-0.2, -0.15) is 0 Å². The van der Waals surface area contributed by atoms with Crippen LogP contribution in [0.25, 0.3) is 0 Å². The fourth-order valence-electron chi connectivity index (χ4n) is 5.10. The van der Waals surface area contributed by atoms with Crippen LogP contribution in [0.5, 0.6) is 0 Å². The van der Waals surface area contributed by atoms with Gasteiger partial charge in [-0.1, -0.05) is 12.1 Å². The standard InChI is InChI=1S/C26H37N5O3S/c1-19-16-23(28-20(2)32)8-10-26(19)35(33,34)27-18-25(31-14-12-29(3)13-15-31)22-7-9-24-21(17-22)6-5-11-30(24)4/h7-10,16-17,25,27H,5-6,11-15,18H2,1-4H3,(H,28,32)/t25-/m1/s1. The first-order chi connectivity index (χ1) is 16.6. The van der Waals surface area contributed by atoms with Gasteiger partial charge in [-0.05, 0) is 67.8 Å². The Morgan fingerprint density at radius 2 is 1.77 bits per heavy atom.